The van der Waals surface area contributed by atoms with Gasteiger partial charge in [-0.15, -0.1) is 5.10 Å². The molecule has 1 aromatic heterocycles. The van der Waals surface area contributed by atoms with E-state index >= 15 is 0 Å². The molecule has 0 aliphatic heterocycles. The highest BCUT2D eigenvalue weighted by molar-refractivity contribution is 7.92. The molecule has 0 radical (unpaired) electrons. The number of benzene rings is 1. The van der Waals surface area contributed by atoms with Crippen molar-refractivity contribution >= 4 is 22.0 Å². The first-order chi connectivity index (χ1) is 10.7. The van der Waals surface area contributed by atoms with Crippen LogP contribution in [0.2, 0.25) is 0 Å². The van der Waals surface area contributed by atoms with Crippen molar-refractivity contribution in [3.05, 3.63) is 30.1 Å². The molecule has 1 amide bonds. The predicted molar refractivity (Wildman–Crippen MR) is 83.0 cm³/mol. The summed E-state index contributed by atoms with van der Waals surface area (Å²) in [5.41, 5.74) is 0.757. The molecule has 0 fully saturated rings. The van der Waals surface area contributed by atoms with Crippen LogP contribution in [0.1, 0.15) is 5.56 Å². The number of ether oxygens (including phenoxy) is 1. The largest absolute Gasteiger partial charge is 0.495 e. The van der Waals surface area contributed by atoms with E-state index in [2.05, 4.69) is 14.8 Å². The van der Waals surface area contributed by atoms with Gasteiger partial charge in [-0.3, -0.25) is 0 Å². The third kappa shape index (κ3) is 3.59. The van der Waals surface area contributed by atoms with Gasteiger partial charge in [0.05, 0.1) is 7.11 Å². The SMILES string of the molecule is COc1ccc(C)cc1S(=O)(=O)Nc1ncn(C(=O)N(C)C)n1. The number of methoxy groups -OCH3 is 1. The van der Waals surface area contributed by atoms with E-state index in [4.69, 9.17) is 4.74 Å². The lowest BCUT2D eigenvalue weighted by Gasteiger charge is -2.10. The van der Waals surface area contributed by atoms with Crippen molar-refractivity contribution in [2.24, 2.45) is 0 Å². The molecule has 0 spiro atoms. The van der Waals surface area contributed by atoms with Crippen LogP contribution in [0, 0.1) is 6.92 Å². The van der Waals surface area contributed by atoms with Gasteiger partial charge in [-0.1, -0.05) is 6.07 Å². The number of hydrogen-bond acceptors (Lipinski definition) is 6. The molecule has 0 bridgehead atoms. The van der Waals surface area contributed by atoms with Crippen molar-refractivity contribution in [1.82, 2.24) is 19.7 Å². The molecule has 0 unspecified atom stereocenters. The molecule has 23 heavy (non-hydrogen) atoms. The molecule has 1 heterocycles. The summed E-state index contributed by atoms with van der Waals surface area (Å²) in [4.78, 5) is 16.8. The van der Waals surface area contributed by atoms with Crippen molar-refractivity contribution in [2.45, 2.75) is 11.8 Å². The number of nitrogens with zero attached hydrogens (tertiary/aromatic N) is 4. The number of rotatable bonds is 4. The number of aryl methyl sites for hydroxylation is 1. The van der Waals surface area contributed by atoms with Gasteiger partial charge in [0.2, 0.25) is 0 Å². The van der Waals surface area contributed by atoms with Gasteiger partial charge in [0.25, 0.3) is 16.0 Å². The van der Waals surface area contributed by atoms with E-state index in [1.807, 2.05) is 0 Å². The lowest BCUT2D eigenvalue weighted by Crippen LogP contribution is -2.27. The van der Waals surface area contributed by atoms with Crippen molar-refractivity contribution < 1.29 is 17.9 Å². The highest BCUT2D eigenvalue weighted by Crippen LogP contribution is 2.25. The fourth-order valence-corrected chi connectivity index (χ4v) is 2.98. The van der Waals surface area contributed by atoms with Crippen molar-refractivity contribution in [3.8, 4) is 5.75 Å². The van der Waals surface area contributed by atoms with Gasteiger partial charge in [0.1, 0.15) is 17.0 Å². The number of aromatic nitrogens is 3. The Labute approximate surface area is 133 Å². The molecule has 1 aromatic carbocycles. The van der Waals surface area contributed by atoms with Crippen LogP contribution < -0.4 is 9.46 Å². The van der Waals surface area contributed by atoms with Crippen LogP contribution in [0.3, 0.4) is 0 Å². The summed E-state index contributed by atoms with van der Waals surface area (Å²) in [6.07, 6.45) is 1.13. The summed E-state index contributed by atoms with van der Waals surface area (Å²) >= 11 is 0. The minimum Gasteiger partial charge on any atom is -0.495 e. The van der Waals surface area contributed by atoms with Gasteiger partial charge in [-0.05, 0) is 24.6 Å². The van der Waals surface area contributed by atoms with Crippen LogP contribution in [0.15, 0.2) is 29.4 Å². The molecule has 0 aliphatic carbocycles. The number of hydrogen-bond donors (Lipinski definition) is 1. The molecule has 0 saturated carbocycles. The standard InChI is InChI=1S/C13H17N5O4S/c1-9-5-6-10(22-4)11(7-9)23(20,21)16-12-14-8-18(15-12)13(19)17(2)3/h5-8H,1-4H3,(H,15,16). The van der Waals surface area contributed by atoms with Gasteiger partial charge in [-0.25, -0.2) is 17.9 Å². The van der Waals surface area contributed by atoms with E-state index in [9.17, 15) is 13.2 Å². The first kappa shape index (κ1) is 16.7. The summed E-state index contributed by atoms with van der Waals surface area (Å²) < 4.78 is 33.2. The van der Waals surface area contributed by atoms with Gasteiger partial charge in [0.15, 0.2) is 0 Å². The van der Waals surface area contributed by atoms with Crippen molar-refractivity contribution in [2.75, 3.05) is 25.9 Å². The Morgan fingerprint density at radius 2 is 2.04 bits per heavy atom. The molecule has 2 aromatic rings. The normalized spacial score (nSPS) is 11.1. The van der Waals surface area contributed by atoms with Crippen LogP contribution in [0.5, 0.6) is 5.75 Å². The zero-order chi connectivity index (χ0) is 17.2. The maximum Gasteiger partial charge on any atom is 0.345 e. The predicted octanol–water partition coefficient (Wildman–Crippen LogP) is 0.926. The van der Waals surface area contributed by atoms with Crippen LogP contribution in [-0.4, -0.2) is 55.3 Å². The minimum absolute atomic E-state index is 0.0321. The second-order valence-electron chi connectivity index (χ2n) is 4.95. The van der Waals surface area contributed by atoms with E-state index in [-0.39, 0.29) is 16.6 Å². The number of sulfonamides is 1. The number of carbonyl (C=O) groups is 1. The van der Waals surface area contributed by atoms with E-state index in [1.54, 1.807) is 33.2 Å². The molecule has 0 saturated heterocycles. The fraction of sp³-hybridized carbons (Fsp3) is 0.308. The lowest BCUT2D eigenvalue weighted by molar-refractivity contribution is 0.216. The van der Waals surface area contributed by atoms with E-state index in [1.165, 1.54) is 18.1 Å². The quantitative estimate of drug-likeness (QED) is 0.888. The molecule has 0 atom stereocenters. The zero-order valence-corrected chi connectivity index (χ0v) is 14.0. The number of amides is 1. The number of anilines is 1. The van der Waals surface area contributed by atoms with Gasteiger partial charge in [0, 0.05) is 14.1 Å². The average molecular weight is 339 g/mol. The molecule has 0 aliphatic rings. The fourth-order valence-electron chi connectivity index (χ4n) is 1.78. The van der Waals surface area contributed by atoms with Crippen LogP contribution in [-0.2, 0) is 10.0 Å². The monoisotopic (exact) mass is 339 g/mol. The first-order valence-corrected chi connectivity index (χ1v) is 8.03. The summed E-state index contributed by atoms with van der Waals surface area (Å²) in [5, 5.41) is 3.80. The van der Waals surface area contributed by atoms with Crippen LogP contribution in [0.4, 0.5) is 10.7 Å². The second-order valence-corrected chi connectivity index (χ2v) is 6.60. The molecule has 124 valence electrons. The molecule has 1 N–H and O–H groups in total. The van der Waals surface area contributed by atoms with E-state index in [0.717, 1.165) is 16.6 Å². The van der Waals surface area contributed by atoms with Gasteiger partial charge in [-0.2, -0.15) is 9.67 Å². The van der Waals surface area contributed by atoms with E-state index in [0.29, 0.717) is 0 Å². The highest BCUT2D eigenvalue weighted by Gasteiger charge is 2.22. The zero-order valence-electron chi connectivity index (χ0n) is 13.1. The van der Waals surface area contributed by atoms with Crippen LogP contribution in [0.25, 0.3) is 0 Å². The van der Waals surface area contributed by atoms with Crippen molar-refractivity contribution in [3.63, 3.8) is 0 Å². The molecular formula is C13H17N5O4S. The maximum atomic E-state index is 12.5. The lowest BCUT2D eigenvalue weighted by atomic mass is 10.2. The van der Waals surface area contributed by atoms with E-state index < -0.39 is 16.1 Å². The number of nitrogens with one attached hydrogen (secondary N) is 1. The molecule has 2 rings (SSSR count). The van der Waals surface area contributed by atoms with Crippen molar-refractivity contribution in [1.29, 1.82) is 0 Å². The maximum absolute atomic E-state index is 12.5. The summed E-state index contributed by atoms with van der Waals surface area (Å²) in [5.74, 6) is -0.00402. The smallest absolute Gasteiger partial charge is 0.345 e. The Bertz CT molecular complexity index is 829. The van der Waals surface area contributed by atoms with Gasteiger partial charge >= 0.3 is 6.03 Å². The first-order valence-electron chi connectivity index (χ1n) is 6.55. The Hall–Kier alpha value is -2.62. The average Bonchev–Trinajstić information content (AvgIpc) is 2.93. The molecular weight excluding hydrogens is 322 g/mol. The van der Waals surface area contributed by atoms with Crippen LogP contribution >= 0.6 is 0 Å². The Balaban J connectivity index is 2.32. The summed E-state index contributed by atoms with van der Waals surface area (Å²) in [6, 6.07) is 4.32. The Morgan fingerprint density at radius 3 is 2.65 bits per heavy atom. The Morgan fingerprint density at radius 1 is 1.35 bits per heavy atom. The van der Waals surface area contributed by atoms with Gasteiger partial charge < -0.3 is 9.64 Å². The third-order valence-electron chi connectivity index (χ3n) is 2.90. The second kappa shape index (κ2) is 6.24. The topological polar surface area (TPSA) is 106 Å². The highest BCUT2D eigenvalue weighted by atomic mass is 32.2. The summed E-state index contributed by atoms with van der Waals surface area (Å²) in [7, 11) is 0.526. The molecule has 10 heteroatoms. The minimum atomic E-state index is -3.95. The Kier molecular flexibility index (Phi) is 4.55. The summed E-state index contributed by atoms with van der Waals surface area (Å²) in [6.45, 7) is 1.77. The number of carbonyl (C=O) groups excluding carboxylic acids is 1. The third-order valence-corrected chi connectivity index (χ3v) is 4.25. The molecule has 9 nitrogen and oxygen atoms in total.